The lowest BCUT2D eigenvalue weighted by Gasteiger charge is -2.19. The number of para-hydroxylation sites is 2. The number of aliphatic imine (C=N–C) groups is 1. The van der Waals surface area contributed by atoms with Gasteiger partial charge in [-0.05, 0) is 36.8 Å². The second-order valence-electron chi connectivity index (χ2n) is 6.61. The molecule has 0 saturated carbocycles. The van der Waals surface area contributed by atoms with Crippen molar-refractivity contribution in [3.8, 4) is 11.5 Å². The quantitative estimate of drug-likeness (QED) is 0.314. The highest BCUT2D eigenvalue weighted by molar-refractivity contribution is 5.80. The van der Waals surface area contributed by atoms with Crippen LogP contribution in [0, 0.1) is 5.82 Å². The smallest absolute Gasteiger partial charge is 0.224 e. The highest BCUT2D eigenvalue weighted by atomic mass is 19.1. The first-order valence-corrected chi connectivity index (χ1v) is 9.77. The Labute approximate surface area is 176 Å². The van der Waals surface area contributed by atoms with E-state index in [1.54, 1.807) is 26.3 Å². The number of carbonyl (C=O) groups is 1. The van der Waals surface area contributed by atoms with Gasteiger partial charge in [-0.15, -0.1) is 0 Å². The third kappa shape index (κ3) is 7.98. The van der Waals surface area contributed by atoms with Crippen LogP contribution in [0.15, 0.2) is 53.5 Å². The summed E-state index contributed by atoms with van der Waals surface area (Å²) in [7, 11) is 3.28. The number of halogens is 1. The van der Waals surface area contributed by atoms with E-state index in [1.807, 2.05) is 31.2 Å². The Hall–Kier alpha value is -3.29. The van der Waals surface area contributed by atoms with Crippen molar-refractivity contribution >= 4 is 11.9 Å². The minimum absolute atomic E-state index is 0.115. The standard InChI is InChI=1S/C22H29FN4O3/c1-16(30-20-7-5-4-6-19(20)29-3)15-27-22(24-2)26-13-12-25-21(28)14-17-8-10-18(23)11-9-17/h4-11,16H,12-15H2,1-3H3,(H,25,28)(H2,24,26,27). The molecule has 0 aliphatic carbocycles. The molecule has 0 radical (unpaired) electrons. The largest absolute Gasteiger partial charge is 0.493 e. The SMILES string of the molecule is CN=C(NCCNC(=O)Cc1ccc(F)cc1)NCC(C)Oc1ccccc1OC. The fourth-order valence-electron chi connectivity index (χ4n) is 2.67. The predicted octanol–water partition coefficient (Wildman–Crippen LogP) is 2.13. The number of guanidine groups is 1. The average Bonchev–Trinajstić information content (AvgIpc) is 2.75. The Morgan fingerprint density at radius 1 is 1.03 bits per heavy atom. The fraction of sp³-hybridized carbons (Fsp3) is 0.364. The number of benzene rings is 2. The number of ether oxygens (including phenoxy) is 2. The molecule has 1 unspecified atom stereocenters. The minimum atomic E-state index is -0.315. The maximum atomic E-state index is 12.9. The molecule has 1 amide bonds. The van der Waals surface area contributed by atoms with E-state index in [4.69, 9.17) is 9.47 Å². The van der Waals surface area contributed by atoms with E-state index in [-0.39, 0.29) is 24.2 Å². The van der Waals surface area contributed by atoms with Crippen LogP contribution in [-0.4, -0.2) is 51.8 Å². The van der Waals surface area contributed by atoms with Gasteiger partial charge in [0.05, 0.1) is 20.1 Å². The zero-order chi connectivity index (χ0) is 21.8. The molecule has 2 rings (SSSR count). The fourth-order valence-corrected chi connectivity index (χ4v) is 2.67. The molecule has 8 heteroatoms. The van der Waals surface area contributed by atoms with Crippen molar-refractivity contribution in [2.24, 2.45) is 4.99 Å². The van der Waals surface area contributed by atoms with Crippen LogP contribution in [0.1, 0.15) is 12.5 Å². The number of methoxy groups -OCH3 is 1. The Balaban J connectivity index is 1.65. The lowest BCUT2D eigenvalue weighted by Crippen LogP contribution is -2.44. The number of nitrogens with one attached hydrogen (secondary N) is 3. The predicted molar refractivity (Wildman–Crippen MR) is 116 cm³/mol. The van der Waals surface area contributed by atoms with Crippen molar-refractivity contribution in [2.45, 2.75) is 19.4 Å². The Kier molecular flexibility index (Phi) is 9.44. The molecule has 0 saturated heterocycles. The lowest BCUT2D eigenvalue weighted by molar-refractivity contribution is -0.120. The summed E-state index contributed by atoms with van der Waals surface area (Å²) < 4.78 is 24.1. The van der Waals surface area contributed by atoms with Gasteiger partial charge in [-0.2, -0.15) is 0 Å². The van der Waals surface area contributed by atoms with Crippen molar-refractivity contribution in [2.75, 3.05) is 33.8 Å². The molecule has 0 bridgehead atoms. The summed E-state index contributed by atoms with van der Waals surface area (Å²) in [5.74, 6) is 1.54. The van der Waals surface area contributed by atoms with Crippen molar-refractivity contribution < 1.29 is 18.7 Å². The molecule has 0 spiro atoms. The Bertz CT molecular complexity index is 827. The number of amides is 1. The van der Waals surface area contributed by atoms with Gasteiger partial charge in [0.1, 0.15) is 11.9 Å². The van der Waals surface area contributed by atoms with Crippen LogP contribution in [0.25, 0.3) is 0 Å². The summed E-state index contributed by atoms with van der Waals surface area (Å²) >= 11 is 0. The molecule has 162 valence electrons. The molecule has 2 aromatic carbocycles. The third-order valence-electron chi connectivity index (χ3n) is 4.20. The van der Waals surface area contributed by atoms with E-state index in [0.717, 1.165) is 5.56 Å². The molecule has 3 N–H and O–H groups in total. The van der Waals surface area contributed by atoms with E-state index >= 15 is 0 Å². The van der Waals surface area contributed by atoms with Gasteiger partial charge in [-0.3, -0.25) is 9.79 Å². The van der Waals surface area contributed by atoms with Crippen molar-refractivity contribution in [1.82, 2.24) is 16.0 Å². The molecule has 2 aromatic rings. The number of hydrogen-bond donors (Lipinski definition) is 3. The van der Waals surface area contributed by atoms with Crippen LogP contribution >= 0.6 is 0 Å². The maximum absolute atomic E-state index is 12.9. The van der Waals surface area contributed by atoms with E-state index in [0.29, 0.717) is 37.1 Å². The third-order valence-corrected chi connectivity index (χ3v) is 4.20. The van der Waals surface area contributed by atoms with E-state index in [9.17, 15) is 9.18 Å². The summed E-state index contributed by atoms with van der Waals surface area (Å²) in [6, 6.07) is 13.4. The topological polar surface area (TPSA) is 84.0 Å². The monoisotopic (exact) mass is 416 g/mol. The zero-order valence-corrected chi connectivity index (χ0v) is 17.6. The first kappa shape index (κ1) is 23.0. The molecule has 7 nitrogen and oxygen atoms in total. The molecule has 0 aliphatic heterocycles. The van der Waals surface area contributed by atoms with Crippen LogP contribution in [0.2, 0.25) is 0 Å². The number of nitrogens with zero attached hydrogens (tertiary/aromatic N) is 1. The van der Waals surface area contributed by atoms with Gasteiger partial charge < -0.3 is 25.4 Å². The second kappa shape index (κ2) is 12.3. The van der Waals surface area contributed by atoms with Gasteiger partial charge >= 0.3 is 0 Å². The van der Waals surface area contributed by atoms with Crippen LogP contribution in [0.5, 0.6) is 11.5 Å². The summed E-state index contributed by atoms with van der Waals surface area (Å²) in [6.45, 7) is 3.43. The van der Waals surface area contributed by atoms with Gasteiger partial charge in [0.2, 0.25) is 5.91 Å². The second-order valence-corrected chi connectivity index (χ2v) is 6.61. The van der Waals surface area contributed by atoms with Gasteiger partial charge in [-0.1, -0.05) is 24.3 Å². The van der Waals surface area contributed by atoms with Gasteiger partial charge in [0.25, 0.3) is 0 Å². The van der Waals surface area contributed by atoms with Crippen molar-refractivity contribution in [1.29, 1.82) is 0 Å². The van der Waals surface area contributed by atoms with Crippen LogP contribution in [0.3, 0.4) is 0 Å². The van der Waals surface area contributed by atoms with Gasteiger partial charge in [-0.25, -0.2) is 4.39 Å². The maximum Gasteiger partial charge on any atom is 0.224 e. The molecule has 0 aliphatic rings. The molecular formula is C22H29FN4O3. The Morgan fingerprint density at radius 3 is 2.37 bits per heavy atom. The zero-order valence-electron chi connectivity index (χ0n) is 17.6. The highest BCUT2D eigenvalue weighted by Gasteiger charge is 2.09. The van der Waals surface area contributed by atoms with E-state index in [2.05, 4.69) is 20.9 Å². The molecule has 30 heavy (non-hydrogen) atoms. The Morgan fingerprint density at radius 2 is 1.70 bits per heavy atom. The highest BCUT2D eigenvalue weighted by Crippen LogP contribution is 2.26. The molecule has 1 atom stereocenters. The number of rotatable bonds is 10. The van der Waals surface area contributed by atoms with Crippen molar-refractivity contribution in [3.05, 3.63) is 59.9 Å². The summed E-state index contributed by atoms with van der Waals surface area (Å²) in [5.41, 5.74) is 0.767. The minimum Gasteiger partial charge on any atom is -0.493 e. The van der Waals surface area contributed by atoms with Gasteiger partial charge in [0, 0.05) is 20.1 Å². The van der Waals surface area contributed by atoms with E-state index < -0.39 is 0 Å². The summed E-state index contributed by atoms with van der Waals surface area (Å²) in [6.07, 6.45) is 0.0979. The van der Waals surface area contributed by atoms with Crippen LogP contribution in [0.4, 0.5) is 4.39 Å². The first-order chi connectivity index (χ1) is 14.5. The lowest BCUT2D eigenvalue weighted by atomic mass is 10.1. The molecular weight excluding hydrogens is 387 g/mol. The summed E-state index contributed by atoms with van der Waals surface area (Å²) in [4.78, 5) is 16.1. The number of hydrogen-bond acceptors (Lipinski definition) is 4. The molecule has 0 fully saturated rings. The van der Waals surface area contributed by atoms with Crippen LogP contribution in [-0.2, 0) is 11.2 Å². The van der Waals surface area contributed by atoms with E-state index in [1.165, 1.54) is 12.1 Å². The first-order valence-electron chi connectivity index (χ1n) is 9.77. The average molecular weight is 416 g/mol. The normalized spacial score (nSPS) is 12.1. The molecule has 0 heterocycles. The summed E-state index contributed by atoms with van der Waals surface area (Å²) in [5, 5.41) is 9.14. The molecule has 0 aromatic heterocycles. The van der Waals surface area contributed by atoms with Crippen molar-refractivity contribution in [3.63, 3.8) is 0 Å². The van der Waals surface area contributed by atoms with Crippen LogP contribution < -0.4 is 25.4 Å². The number of carbonyl (C=O) groups excluding carboxylic acids is 1. The van der Waals surface area contributed by atoms with Gasteiger partial charge in [0.15, 0.2) is 17.5 Å².